The molecule has 0 N–H and O–H groups in total. The maximum Gasteiger partial charge on any atom is 0.271 e. The molecule has 1 rings (SSSR count). The molecular weight excluding hydrogens is 424 g/mol. The Morgan fingerprint density at radius 1 is 1.47 bits per heavy atom. The van der Waals surface area contributed by atoms with Crippen molar-refractivity contribution in [1.82, 2.24) is 0 Å². The first-order chi connectivity index (χ1) is 6.73. The number of halogens is 3. The highest BCUT2D eigenvalue weighted by atomic mass is 127. The maximum absolute atomic E-state index is 11.1. The lowest BCUT2D eigenvalue weighted by atomic mass is 10.3. The van der Waals surface area contributed by atoms with Gasteiger partial charge in [-0.2, -0.15) is 0 Å². The first kappa shape index (κ1) is 13.1. The molecule has 0 saturated heterocycles. The number of nitro groups is 1. The maximum atomic E-state index is 11.1. The summed E-state index contributed by atoms with van der Waals surface area (Å²) in [7, 11) is 1.15. The van der Waals surface area contributed by atoms with E-state index in [0.717, 1.165) is 6.07 Å². The van der Waals surface area contributed by atoms with Gasteiger partial charge in [0.25, 0.3) is 14.7 Å². The third kappa shape index (κ3) is 3.02. The third-order valence-electron chi connectivity index (χ3n) is 1.45. The zero-order valence-electron chi connectivity index (χ0n) is 6.78. The van der Waals surface area contributed by atoms with Gasteiger partial charge in [0.1, 0.15) is 4.90 Å². The van der Waals surface area contributed by atoms with Crippen LogP contribution in [-0.2, 0) is 9.05 Å². The Bertz CT molecular complexity index is 532. The second kappa shape index (κ2) is 4.52. The fourth-order valence-corrected chi connectivity index (χ4v) is 3.93. The average Bonchev–Trinajstić information content (AvgIpc) is 2.06. The zero-order valence-corrected chi connectivity index (χ0v) is 12.1. The summed E-state index contributed by atoms with van der Waals surface area (Å²) in [5.74, 6) is 0. The van der Waals surface area contributed by atoms with Gasteiger partial charge in [-0.15, -0.1) is 0 Å². The molecule has 0 aliphatic carbocycles. The average molecular weight is 426 g/mol. The van der Waals surface area contributed by atoms with Crippen molar-refractivity contribution < 1.29 is 13.3 Å². The van der Waals surface area contributed by atoms with E-state index in [1.807, 2.05) is 0 Å². The molecule has 0 atom stereocenters. The Hall–Kier alpha value is 0.0700. The fourth-order valence-electron chi connectivity index (χ4n) is 0.833. The van der Waals surface area contributed by atoms with Gasteiger partial charge in [0.05, 0.1) is 4.92 Å². The molecule has 5 nitrogen and oxygen atoms in total. The predicted molar refractivity (Wildman–Crippen MR) is 66.6 cm³/mol. The summed E-state index contributed by atoms with van der Waals surface area (Å²) in [4.78, 5) is 9.53. The van der Waals surface area contributed by atoms with Gasteiger partial charge in [-0.05, 0) is 38.5 Å². The van der Waals surface area contributed by atoms with Crippen LogP contribution in [0.25, 0.3) is 0 Å². The molecule has 0 aromatic heterocycles. The van der Waals surface area contributed by atoms with E-state index in [9.17, 15) is 18.5 Å². The van der Waals surface area contributed by atoms with E-state index < -0.39 is 14.0 Å². The number of nitro benzene ring substituents is 1. The van der Waals surface area contributed by atoms with E-state index in [1.165, 1.54) is 6.07 Å². The topological polar surface area (TPSA) is 77.3 Å². The van der Waals surface area contributed by atoms with Crippen LogP contribution in [0.5, 0.6) is 0 Å². The van der Waals surface area contributed by atoms with Gasteiger partial charge in [-0.3, -0.25) is 10.1 Å². The number of non-ortho nitro benzene ring substituents is 1. The Labute approximate surface area is 112 Å². The van der Waals surface area contributed by atoms with Crippen LogP contribution in [0.3, 0.4) is 0 Å². The minimum Gasteiger partial charge on any atom is -0.258 e. The summed E-state index contributed by atoms with van der Waals surface area (Å²) < 4.78 is 22.8. The van der Waals surface area contributed by atoms with Crippen molar-refractivity contribution in [2.45, 2.75) is 4.90 Å². The molecule has 1 aromatic rings. The van der Waals surface area contributed by atoms with Crippen LogP contribution >= 0.6 is 49.2 Å². The third-order valence-corrected chi connectivity index (χ3v) is 5.69. The first-order valence-electron chi connectivity index (χ1n) is 3.31. The molecule has 0 heterocycles. The van der Waals surface area contributed by atoms with Gasteiger partial charge in [0.2, 0.25) is 0 Å². The number of benzene rings is 1. The van der Waals surface area contributed by atoms with E-state index in [1.54, 1.807) is 22.6 Å². The van der Waals surface area contributed by atoms with E-state index in [-0.39, 0.29) is 10.6 Å². The molecule has 0 aliphatic rings. The lowest BCUT2D eigenvalue weighted by molar-refractivity contribution is -0.385. The SMILES string of the molecule is O=[N+]([O-])c1cc(Br)c(I)c(S(=O)(=O)Cl)c1. The van der Waals surface area contributed by atoms with Crippen LogP contribution < -0.4 is 0 Å². The lowest BCUT2D eigenvalue weighted by Crippen LogP contribution is -1.98. The highest BCUT2D eigenvalue weighted by Crippen LogP contribution is 2.32. The molecule has 0 bridgehead atoms. The summed E-state index contributed by atoms with van der Waals surface area (Å²) in [6.45, 7) is 0. The summed E-state index contributed by atoms with van der Waals surface area (Å²) in [6.07, 6.45) is 0. The molecule has 0 radical (unpaired) electrons. The van der Waals surface area contributed by atoms with Gasteiger partial charge in [0.15, 0.2) is 0 Å². The molecule has 9 heteroatoms. The van der Waals surface area contributed by atoms with Crippen molar-refractivity contribution in [3.63, 3.8) is 0 Å². The van der Waals surface area contributed by atoms with Crippen molar-refractivity contribution in [3.8, 4) is 0 Å². The van der Waals surface area contributed by atoms with E-state index in [4.69, 9.17) is 10.7 Å². The minimum atomic E-state index is -3.98. The van der Waals surface area contributed by atoms with Crippen LogP contribution in [0.4, 0.5) is 5.69 Å². The molecule has 0 amide bonds. The number of rotatable bonds is 2. The molecule has 0 aliphatic heterocycles. The van der Waals surface area contributed by atoms with E-state index >= 15 is 0 Å². The molecule has 0 spiro atoms. The van der Waals surface area contributed by atoms with Gasteiger partial charge in [-0.25, -0.2) is 8.42 Å². The summed E-state index contributed by atoms with van der Waals surface area (Å²) in [5, 5.41) is 10.5. The molecule has 0 saturated carbocycles. The summed E-state index contributed by atoms with van der Waals surface area (Å²) in [5.41, 5.74) is -0.332. The quantitative estimate of drug-likeness (QED) is 0.315. The van der Waals surface area contributed by atoms with Crippen LogP contribution in [-0.4, -0.2) is 13.3 Å². The highest BCUT2D eigenvalue weighted by molar-refractivity contribution is 14.1. The number of hydrogen-bond donors (Lipinski definition) is 0. The normalized spacial score (nSPS) is 11.4. The van der Waals surface area contributed by atoms with Gasteiger partial charge in [-0.1, -0.05) is 0 Å². The zero-order chi connectivity index (χ0) is 11.8. The number of hydrogen-bond acceptors (Lipinski definition) is 4. The van der Waals surface area contributed by atoms with E-state index in [0.29, 0.717) is 8.04 Å². The van der Waals surface area contributed by atoms with Crippen molar-refractivity contribution in [2.75, 3.05) is 0 Å². The lowest BCUT2D eigenvalue weighted by Gasteiger charge is -2.02. The molecule has 0 unspecified atom stereocenters. The van der Waals surface area contributed by atoms with Crippen molar-refractivity contribution in [2.24, 2.45) is 0 Å². The Morgan fingerprint density at radius 2 is 2.00 bits per heavy atom. The van der Waals surface area contributed by atoms with Crippen molar-refractivity contribution in [1.29, 1.82) is 0 Å². The van der Waals surface area contributed by atoms with Crippen LogP contribution in [0.1, 0.15) is 0 Å². The fraction of sp³-hybridized carbons (Fsp3) is 0. The standard InChI is InChI=1S/C6H2BrClINO4S/c7-4-1-3(10(11)12)2-5(6(4)9)15(8,13)14/h1-2H. The smallest absolute Gasteiger partial charge is 0.258 e. The Balaban J connectivity index is 3.59. The Kier molecular flexibility index (Phi) is 3.95. The molecule has 1 aromatic carbocycles. The van der Waals surface area contributed by atoms with Gasteiger partial charge in [0, 0.05) is 30.9 Å². The van der Waals surface area contributed by atoms with E-state index in [2.05, 4.69) is 15.9 Å². The first-order valence-corrected chi connectivity index (χ1v) is 7.49. The largest absolute Gasteiger partial charge is 0.271 e. The van der Waals surface area contributed by atoms with Crippen molar-refractivity contribution >= 4 is 63.9 Å². The number of nitrogens with zero attached hydrogens (tertiary/aromatic N) is 1. The highest BCUT2D eigenvalue weighted by Gasteiger charge is 2.21. The second-order valence-corrected chi connectivity index (χ2v) is 6.90. The van der Waals surface area contributed by atoms with Crippen LogP contribution in [0.15, 0.2) is 21.5 Å². The van der Waals surface area contributed by atoms with Crippen LogP contribution in [0, 0.1) is 13.7 Å². The molecule has 0 fully saturated rings. The van der Waals surface area contributed by atoms with Crippen molar-refractivity contribution in [3.05, 3.63) is 30.3 Å². The van der Waals surface area contributed by atoms with Gasteiger partial charge < -0.3 is 0 Å². The summed E-state index contributed by atoms with van der Waals surface area (Å²) in [6, 6.07) is 2.14. The molecular formula is C6H2BrClINO4S. The minimum absolute atomic E-state index is 0.272. The van der Waals surface area contributed by atoms with Gasteiger partial charge >= 0.3 is 0 Å². The Morgan fingerprint density at radius 3 is 2.40 bits per heavy atom. The monoisotopic (exact) mass is 425 g/mol. The van der Waals surface area contributed by atoms with Crippen LogP contribution in [0.2, 0.25) is 0 Å². The second-order valence-electron chi connectivity index (χ2n) is 2.43. The molecule has 15 heavy (non-hydrogen) atoms. The summed E-state index contributed by atoms with van der Waals surface area (Å²) >= 11 is 4.76. The molecule has 82 valence electrons. The predicted octanol–water partition coefficient (Wildman–Crippen LogP) is 2.89.